The van der Waals surface area contributed by atoms with Crippen LogP contribution < -0.4 is 4.72 Å². The van der Waals surface area contributed by atoms with Gasteiger partial charge in [0.1, 0.15) is 0 Å². The minimum atomic E-state index is -3.58. The van der Waals surface area contributed by atoms with Crippen LogP contribution in [0.1, 0.15) is 12.8 Å². The van der Waals surface area contributed by atoms with E-state index in [0.29, 0.717) is 13.1 Å². The summed E-state index contributed by atoms with van der Waals surface area (Å²) >= 11 is 11.4. The highest BCUT2D eigenvalue weighted by atomic mass is 35.5. The smallest absolute Gasteiger partial charge is 0.301 e. The summed E-state index contributed by atoms with van der Waals surface area (Å²) in [5, 5.41) is 9.39. The van der Waals surface area contributed by atoms with E-state index in [0.717, 1.165) is 12.8 Å². The lowest BCUT2D eigenvalue weighted by atomic mass is 10.3. The van der Waals surface area contributed by atoms with E-state index in [2.05, 4.69) is 4.72 Å². The molecule has 1 aromatic carbocycles. The van der Waals surface area contributed by atoms with Gasteiger partial charge >= 0.3 is 10.2 Å². The number of halogens is 2. The molecule has 18 heavy (non-hydrogen) atoms. The fourth-order valence-corrected chi connectivity index (χ4v) is 3.54. The van der Waals surface area contributed by atoms with Gasteiger partial charge in [0, 0.05) is 13.1 Å². The number of hydrogen-bond acceptors (Lipinski definition) is 3. The molecule has 8 heteroatoms. The molecule has 1 heterocycles. The number of benzene rings is 1. The van der Waals surface area contributed by atoms with E-state index < -0.39 is 10.2 Å². The molecule has 2 rings (SSSR count). The molecule has 1 aliphatic heterocycles. The van der Waals surface area contributed by atoms with Gasteiger partial charge in [-0.2, -0.15) is 12.7 Å². The number of rotatable bonds is 3. The highest BCUT2D eigenvalue weighted by Crippen LogP contribution is 2.35. The van der Waals surface area contributed by atoms with Crippen molar-refractivity contribution < 1.29 is 13.5 Å². The first-order chi connectivity index (χ1) is 8.40. The fraction of sp³-hybridized carbons (Fsp3) is 0.400. The van der Waals surface area contributed by atoms with Crippen LogP contribution in [-0.4, -0.2) is 30.9 Å². The normalized spacial score (nSPS) is 17.0. The van der Waals surface area contributed by atoms with Crippen molar-refractivity contribution in [2.45, 2.75) is 12.8 Å². The van der Waals surface area contributed by atoms with Crippen LogP contribution in [0.25, 0.3) is 0 Å². The quantitative estimate of drug-likeness (QED) is 0.843. The van der Waals surface area contributed by atoms with Crippen LogP contribution in [-0.2, 0) is 10.2 Å². The number of nitrogens with one attached hydrogen (secondary N) is 1. The van der Waals surface area contributed by atoms with Crippen LogP contribution in [0.3, 0.4) is 0 Å². The van der Waals surface area contributed by atoms with Gasteiger partial charge in [0.25, 0.3) is 0 Å². The summed E-state index contributed by atoms with van der Waals surface area (Å²) in [5.74, 6) is -0.262. The van der Waals surface area contributed by atoms with E-state index in [1.807, 2.05) is 0 Å². The maximum Gasteiger partial charge on any atom is 0.301 e. The SMILES string of the molecule is O=S(=O)(Nc1cc(Cl)c(O)c(Cl)c1)N1CCCC1. The lowest BCUT2D eigenvalue weighted by Crippen LogP contribution is -2.33. The number of nitrogens with zero attached hydrogens (tertiary/aromatic N) is 1. The molecule has 0 amide bonds. The van der Waals surface area contributed by atoms with Crippen molar-refractivity contribution in [3.63, 3.8) is 0 Å². The molecule has 5 nitrogen and oxygen atoms in total. The zero-order valence-corrected chi connectivity index (χ0v) is 11.7. The first-order valence-electron chi connectivity index (χ1n) is 5.36. The van der Waals surface area contributed by atoms with Gasteiger partial charge in [0.05, 0.1) is 15.7 Å². The summed E-state index contributed by atoms with van der Waals surface area (Å²) in [5.41, 5.74) is 0.231. The Hall–Kier alpha value is -0.690. The van der Waals surface area contributed by atoms with Crippen LogP contribution in [0.4, 0.5) is 5.69 Å². The van der Waals surface area contributed by atoms with Crippen molar-refractivity contribution in [1.29, 1.82) is 0 Å². The third kappa shape index (κ3) is 2.83. The van der Waals surface area contributed by atoms with E-state index in [9.17, 15) is 13.5 Å². The summed E-state index contributed by atoms with van der Waals surface area (Å²) in [6.45, 7) is 1.02. The predicted molar refractivity (Wildman–Crippen MR) is 71.5 cm³/mol. The van der Waals surface area contributed by atoms with Crippen LogP contribution >= 0.6 is 23.2 Å². The van der Waals surface area contributed by atoms with Crippen LogP contribution in [0.15, 0.2) is 12.1 Å². The van der Waals surface area contributed by atoms with Crippen molar-refractivity contribution in [1.82, 2.24) is 4.31 Å². The van der Waals surface area contributed by atoms with Crippen LogP contribution in [0, 0.1) is 0 Å². The Kier molecular flexibility index (Phi) is 3.91. The molecule has 100 valence electrons. The fourth-order valence-electron chi connectivity index (χ4n) is 1.77. The second-order valence-electron chi connectivity index (χ2n) is 4.00. The summed E-state index contributed by atoms with van der Waals surface area (Å²) in [6.07, 6.45) is 1.72. The Balaban J connectivity index is 2.23. The maximum absolute atomic E-state index is 12.0. The molecule has 0 unspecified atom stereocenters. The number of anilines is 1. The van der Waals surface area contributed by atoms with Crippen molar-refractivity contribution >= 4 is 39.1 Å². The largest absolute Gasteiger partial charge is 0.505 e. The zero-order chi connectivity index (χ0) is 13.3. The first-order valence-corrected chi connectivity index (χ1v) is 7.55. The molecule has 1 saturated heterocycles. The number of aromatic hydroxyl groups is 1. The van der Waals surface area contributed by atoms with Crippen molar-refractivity contribution in [3.05, 3.63) is 22.2 Å². The summed E-state index contributed by atoms with van der Waals surface area (Å²) < 4.78 is 27.7. The first kappa shape index (κ1) is 13.7. The van der Waals surface area contributed by atoms with Gasteiger partial charge in [0.2, 0.25) is 0 Å². The van der Waals surface area contributed by atoms with Crippen molar-refractivity contribution in [2.75, 3.05) is 17.8 Å². The van der Waals surface area contributed by atoms with Gasteiger partial charge < -0.3 is 5.11 Å². The Morgan fingerprint density at radius 1 is 1.17 bits per heavy atom. The Bertz CT molecular complexity index is 533. The summed E-state index contributed by atoms with van der Waals surface area (Å²) in [6, 6.07) is 2.63. The number of phenols is 1. The molecule has 0 bridgehead atoms. The highest BCUT2D eigenvalue weighted by Gasteiger charge is 2.25. The molecular formula is C10H12Cl2N2O3S. The topological polar surface area (TPSA) is 69.6 Å². The average Bonchev–Trinajstić information content (AvgIpc) is 2.79. The third-order valence-electron chi connectivity index (χ3n) is 2.67. The van der Waals surface area contributed by atoms with E-state index in [4.69, 9.17) is 23.2 Å². The molecule has 2 N–H and O–H groups in total. The second-order valence-corrected chi connectivity index (χ2v) is 6.49. The molecule has 1 fully saturated rings. The molecule has 0 saturated carbocycles. The summed E-state index contributed by atoms with van der Waals surface area (Å²) in [7, 11) is -3.58. The van der Waals surface area contributed by atoms with Gasteiger partial charge in [-0.05, 0) is 25.0 Å². The van der Waals surface area contributed by atoms with E-state index >= 15 is 0 Å². The third-order valence-corrected chi connectivity index (χ3v) is 4.78. The lowest BCUT2D eigenvalue weighted by Gasteiger charge is -2.17. The molecule has 0 atom stereocenters. The van der Waals surface area contributed by atoms with Crippen molar-refractivity contribution in [2.24, 2.45) is 0 Å². The molecule has 0 spiro atoms. The molecule has 0 radical (unpaired) electrons. The Morgan fingerprint density at radius 3 is 2.17 bits per heavy atom. The molecular weight excluding hydrogens is 299 g/mol. The molecule has 1 aromatic rings. The molecule has 0 aromatic heterocycles. The number of phenolic OH excluding ortho intramolecular Hbond substituents is 1. The second kappa shape index (κ2) is 5.13. The van der Waals surface area contributed by atoms with E-state index in [-0.39, 0.29) is 21.5 Å². The molecule has 0 aliphatic carbocycles. The maximum atomic E-state index is 12.0. The Morgan fingerprint density at radius 2 is 1.67 bits per heavy atom. The van der Waals surface area contributed by atoms with Crippen LogP contribution in [0.2, 0.25) is 10.0 Å². The summed E-state index contributed by atoms with van der Waals surface area (Å²) in [4.78, 5) is 0. The van der Waals surface area contributed by atoms with E-state index in [1.54, 1.807) is 0 Å². The molecule has 1 aliphatic rings. The predicted octanol–water partition coefficient (Wildman–Crippen LogP) is 2.45. The van der Waals surface area contributed by atoms with Gasteiger partial charge in [-0.1, -0.05) is 23.2 Å². The monoisotopic (exact) mass is 310 g/mol. The van der Waals surface area contributed by atoms with Crippen LogP contribution in [0.5, 0.6) is 5.75 Å². The zero-order valence-electron chi connectivity index (χ0n) is 9.36. The minimum absolute atomic E-state index is 0.00150. The van der Waals surface area contributed by atoms with E-state index in [1.165, 1.54) is 16.4 Å². The van der Waals surface area contributed by atoms with Gasteiger partial charge in [-0.25, -0.2) is 0 Å². The Labute approximate surface area is 115 Å². The highest BCUT2D eigenvalue weighted by molar-refractivity contribution is 7.90. The van der Waals surface area contributed by atoms with Crippen molar-refractivity contribution in [3.8, 4) is 5.75 Å². The standard InChI is InChI=1S/C10H12Cl2N2O3S/c11-8-5-7(6-9(12)10(8)15)13-18(16,17)14-3-1-2-4-14/h5-6,13,15H,1-4H2. The van der Waals surface area contributed by atoms with Gasteiger partial charge in [0.15, 0.2) is 5.75 Å². The minimum Gasteiger partial charge on any atom is -0.505 e. The van der Waals surface area contributed by atoms with Gasteiger partial charge in [-0.15, -0.1) is 0 Å². The average molecular weight is 311 g/mol. The van der Waals surface area contributed by atoms with Gasteiger partial charge in [-0.3, -0.25) is 4.72 Å². The lowest BCUT2D eigenvalue weighted by molar-refractivity contribution is 0.475. The number of hydrogen-bond donors (Lipinski definition) is 2.